The third-order valence-electron chi connectivity index (χ3n) is 2.61. The van der Waals surface area contributed by atoms with Gasteiger partial charge in [0.05, 0.1) is 0 Å². The first kappa shape index (κ1) is 10.4. The van der Waals surface area contributed by atoms with Crippen LogP contribution in [0.4, 0.5) is 5.13 Å². The Hall–Kier alpha value is -1.10. The smallest absolute Gasteiger partial charge is 0.355 e. The lowest BCUT2D eigenvalue weighted by atomic mass is 10.2. The number of nitrogens with one attached hydrogen (secondary N) is 1. The summed E-state index contributed by atoms with van der Waals surface area (Å²) in [5, 5.41) is 14.3. The molecule has 0 aromatic carbocycles. The molecule has 0 aliphatic heterocycles. The molecule has 1 aromatic heterocycles. The molecule has 15 heavy (non-hydrogen) atoms. The fourth-order valence-corrected chi connectivity index (χ4v) is 2.46. The van der Waals surface area contributed by atoms with Crippen LogP contribution in [-0.2, 0) is 0 Å². The van der Waals surface area contributed by atoms with Gasteiger partial charge in [-0.1, -0.05) is 13.3 Å². The largest absolute Gasteiger partial charge is 0.476 e. The van der Waals surface area contributed by atoms with Crippen molar-refractivity contribution in [2.45, 2.75) is 32.2 Å². The van der Waals surface area contributed by atoms with E-state index in [0.29, 0.717) is 6.04 Å². The molecule has 1 aliphatic rings. The molecule has 1 aromatic rings. The van der Waals surface area contributed by atoms with Crippen LogP contribution in [0.2, 0.25) is 0 Å². The van der Waals surface area contributed by atoms with E-state index in [2.05, 4.69) is 17.2 Å². The van der Waals surface area contributed by atoms with Gasteiger partial charge in [0.2, 0.25) is 0 Å². The quantitative estimate of drug-likeness (QED) is 0.809. The number of aromatic carboxylic acids is 1. The minimum atomic E-state index is -0.958. The highest BCUT2D eigenvalue weighted by Gasteiger charge is 2.36. The van der Waals surface area contributed by atoms with Gasteiger partial charge in [-0.15, -0.1) is 11.3 Å². The fraction of sp³-hybridized carbons (Fsp3) is 0.600. The molecule has 1 fully saturated rings. The van der Waals surface area contributed by atoms with E-state index in [1.54, 1.807) is 5.38 Å². The molecule has 1 saturated carbocycles. The summed E-state index contributed by atoms with van der Waals surface area (Å²) in [6.07, 6.45) is 3.64. The lowest BCUT2D eigenvalue weighted by Crippen LogP contribution is -2.05. The Balaban J connectivity index is 1.87. The SMILES string of the molecule is CCCC1CC1Nc1nc(C(=O)O)cs1. The number of nitrogens with zero attached hydrogens (tertiary/aromatic N) is 1. The van der Waals surface area contributed by atoms with E-state index in [9.17, 15) is 4.79 Å². The molecule has 0 amide bonds. The number of rotatable bonds is 5. The molecule has 2 atom stereocenters. The van der Waals surface area contributed by atoms with Crippen LogP contribution in [0, 0.1) is 5.92 Å². The Kier molecular flexibility index (Phi) is 2.90. The number of carbonyl (C=O) groups is 1. The average Bonchev–Trinajstić information content (AvgIpc) is 2.75. The molecular formula is C10H14N2O2S. The van der Waals surface area contributed by atoms with Crippen LogP contribution in [0.25, 0.3) is 0 Å². The monoisotopic (exact) mass is 226 g/mol. The van der Waals surface area contributed by atoms with Crippen molar-refractivity contribution in [3.63, 3.8) is 0 Å². The molecule has 4 nitrogen and oxygen atoms in total. The second kappa shape index (κ2) is 4.18. The maximum Gasteiger partial charge on any atom is 0.355 e. The summed E-state index contributed by atoms with van der Waals surface area (Å²) in [6.45, 7) is 2.18. The molecule has 0 saturated heterocycles. The van der Waals surface area contributed by atoms with Gasteiger partial charge in [-0.3, -0.25) is 0 Å². The van der Waals surface area contributed by atoms with Crippen LogP contribution in [-0.4, -0.2) is 22.1 Å². The summed E-state index contributed by atoms with van der Waals surface area (Å²) in [5.41, 5.74) is 0.134. The van der Waals surface area contributed by atoms with E-state index >= 15 is 0 Å². The third-order valence-corrected chi connectivity index (χ3v) is 3.39. The number of hydrogen-bond acceptors (Lipinski definition) is 4. The van der Waals surface area contributed by atoms with E-state index in [1.165, 1.54) is 30.6 Å². The fourth-order valence-electron chi connectivity index (χ4n) is 1.71. The second-order valence-electron chi connectivity index (χ2n) is 3.88. The number of carboxylic acids is 1. The minimum absolute atomic E-state index is 0.134. The zero-order valence-electron chi connectivity index (χ0n) is 8.56. The summed E-state index contributed by atoms with van der Waals surface area (Å²) in [6, 6.07) is 0.512. The lowest BCUT2D eigenvalue weighted by Gasteiger charge is -1.99. The highest BCUT2D eigenvalue weighted by molar-refractivity contribution is 7.13. The summed E-state index contributed by atoms with van der Waals surface area (Å²) < 4.78 is 0. The first-order chi connectivity index (χ1) is 7.20. The molecule has 2 N–H and O–H groups in total. The topological polar surface area (TPSA) is 62.2 Å². The number of carboxylic acid groups (broad SMARTS) is 1. The van der Waals surface area contributed by atoms with Crippen molar-refractivity contribution >= 4 is 22.4 Å². The Morgan fingerprint density at radius 3 is 3.20 bits per heavy atom. The van der Waals surface area contributed by atoms with Crippen LogP contribution in [0.1, 0.15) is 36.7 Å². The normalized spacial score (nSPS) is 23.8. The van der Waals surface area contributed by atoms with Gasteiger partial charge in [0.15, 0.2) is 10.8 Å². The zero-order valence-corrected chi connectivity index (χ0v) is 9.38. The number of anilines is 1. The average molecular weight is 226 g/mol. The van der Waals surface area contributed by atoms with Gasteiger partial charge in [-0.25, -0.2) is 9.78 Å². The van der Waals surface area contributed by atoms with Crippen LogP contribution in [0.5, 0.6) is 0 Å². The maximum absolute atomic E-state index is 10.6. The molecule has 1 heterocycles. The molecule has 5 heteroatoms. The summed E-state index contributed by atoms with van der Waals surface area (Å²) in [5.74, 6) is -0.201. The molecule has 2 unspecified atom stereocenters. The molecule has 0 radical (unpaired) electrons. The highest BCUT2D eigenvalue weighted by Crippen LogP contribution is 2.37. The van der Waals surface area contributed by atoms with E-state index in [4.69, 9.17) is 5.11 Å². The maximum atomic E-state index is 10.6. The molecule has 0 spiro atoms. The Morgan fingerprint density at radius 2 is 2.60 bits per heavy atom. The summed E-state index contributed by atoms with van der Waals surface area (Å²) >= 11 is 1.36. The van der Waals surface area contributed by atoms with Gasteiger partial charge in [-0.05, 0) is 18.8 Å². The lowest BCUT2D eigenvalue weighted by molar-refractivity contribution is 0.0691. The standard InChI is InChI=1S/C10H14N2O2S/c1-2-3-6-4-7(6)11-10-12-8(5-15-10)9(13)14/h5-7H,2-4H2,1H3,(H,11,12)(H,13,14). The Labute approximate surface area is 92.3 Å². The Morgan fingerprint density at radius 1 is 1.80 bits per heavy atom. The third kappa shape index (κ3) is 2.47. The van der Waals surface area contributed by atoms with Crippen LogP contribution in [0.3, 0.4) is 0 Å². The van der Waals surface area contributed by atoms with Gasteiger partial charge >= 0.3 is 5.97 Å². The first-order valence-electron chi connectivity index (χ1n) is 5.16. The van der Waals surface area contributed by atoms with E-state index in [0.717, 1.165) is 11.0 Å². The van der Waals surface area contributed by atoms with Gasteiger partial charge in [0.1, 0.15) is 0 Å². The van der Waals surface area contributed by atoms with Crippen molar-refractivity contribution < 1.29 is 9.90 Å². The first-order valence-corrected chi connectivity index (χ1v) is 6.04. The van der Waals surface area contributed by atoms with Crippen molar-refractivity contribution in [3.05, 3.63) is 11.1 Å². The van der Waals surface area contributed by atoms with Crippen LogP contribution >= 0.6 is 11.3 Å². The van der Waals surface area contributed by atoms with Crippen molar-refractivity contribution in [2.75, 3.05) is 5.32 Å². The summed E-state index contributed by atoms with van der Waals surface area (Å²) in [7, 11) is 0. The Bertz CT molecular complexity index is 364. The second-order valence-corrected chi connectivity index (χ2v) is 4.74. The minimum Gasteiger partial charge on any atom is -0.476 e. The summed E-state index contributed by atoms with van der Waals surface area (Å²) in [4.78, 5) is 14.6. The number of thiazole rings is 1. The van der Waals surface area contributed by atoms with Crippen molar-refractivity contribution in [1.82, 2.24) is 4.98 Å². The van der Waals surface area contributed by atoms with Gasteiger partial charge in [0, 0.05) is 11.4 Å². The van der Waals surface area contributed by atoms with E-state index in [-0.39, 0.29) is 5.69 Å². The van der Waals surface area contributed by atoms with Crippen molar-refractivity contribution in [3.8, 4) is 0 Å². The van der Waals surface area contributed by atoms with Gasteiger partial charge in [-0.2, -0.15) is 0 Å². The molecule has 2 rings (SSSR count). The highest BCUT2D eigenvalue weighted by atomic mass is 32.1. The molecular weight excluding hydrogens is 212 g/mol. The van der Waals surface area contributed by atoms with E-state index in [1.807, 2.05) is 0 Å². The van der Waals surface area contributed by atoms with Crippen molar-refractivity contribution in [2.24, 2.45) is 5.92 Å². The number of hydrogen-bond donors (Lipinski definition) is 2. The van der Waals surface area contributed by atoms with Crippen LogP contribution < -0.4 is 5.32 Å². The van der Waals surface area contributed by atoms with Gasteiger partial charge in [0.25, 0.3) is 0 Å². The molecule has 1 aliphatic carbocycles. The van der Waals surface area contributed by atoms with E-state index < -0.39 is 5.97 Å². The zero-order chi connectivity index (χ0) is 10.8. The van der Waals surface area contributed by atoms with Crippen molar-refractivity contribution in [1.29, 1.82) is 0 Å². The predicted molar refractivity (Wildman–Crippen MR) is 59.5 cm³/mol. The van der Waals surface area contributed by atoms with Crippen LogP contribution in [0.15, 0.2) is 5.38 Å². The molecule has 0 bridgehead atoms. The predicted octanol–water partition coefficient (Wildman–Crippen LogP) is 2.44. The van der Waals surface area contributed by atoms with Gasteiger partial charge < -0.3 is 10.4 Å². The number of aromatic nitrogens is 1. The molecule has 82 valence electrons.